The number of sulfonamides is 1. The summed E-state index contributed by atoms with van der Waals surface area (Å²) in [5, 5.41) is 10.5. The Bertz CT molecular complexity index is 1240. The van der Waals surface area contributed by atoms with Gasteiger partial charge in [0.1, 0.15) is 0 Å². The Morgan fingerprint density at radius 2 is 1.68 bits per heavy atom. The van der Waals surface area contributed by atoms with Crippen LogP contribution in [0.25, 0.3) is 11.5 Å². The van der Waals surface area contributed by atoms with E-state index in [2.05, 4.69) is 15.5 Å². The van der Waals surface area contributed by atoms with Crippen LogP contribution in [0.4, 0.5) is 6.01 Å². The fourth-order valence-electron chi connectivity index (χ4n) is 4.56. The zero-order valence-corrected chi connectivity index (χ0v) is 20.6. The molecule has 0 aliphatic heterocycles. The first kappa shape index (κ1) is 24.1. The van der Waals surface area contributed by atoms with Crippen LogP contribution in [0.2, 0.25) is 0 Å². The molecular weight excluding hydrogens is 452 g/mol. The minimum absolute atomic E-state index is 0.0229. The molecule has 1 aliphatic carbocycles. The molecule has 0 bridgehead atoms. The van der Waals surface area contributed by atoms with Crippen LogP contribution in [-0.4, -0.2) is 41.4 Å². The van der Waals surface area contributed by atoms with E-state index in [9.17, 15) is 13.2 Å². The zero-order chi connectivity index (χ0) is 24.3. The molecule has 8 nitrogen and oxygen atoms in total. The summed E-state index contributed by atoms with van der Waals surface area (Å²) in [6.45, 7) is 6.25. The second-order valence-corrected chi connectivity index (χ2v) is 10.7. The lowest BCUT2D eigenvalue weighted by molar-refractivity contribution is 0.102. The molecule has 4 rings (SSSR count). The SMILES string of the molecule is CCN(C1CCCCC1)S(=O)(=O)c1ccc(C(=O)Nc2nnc(-c3cc(C)cc(C)c3)o2)cc1. The lowest BCUT2D eigenvalue weighted by Gasteiger charge is -2.32. The fraction of sp³-hybridized carbons (Fsp3) is 0.400. The van der Waals surface area contributed by atoms with Gasteiger partial charge < -0.3 is 4.42 Å². The van der Waals surface area contributed by atoms with E-state index in [-0.39, 0.29) is 17.0 Å². The Morgan fingerprint density at radius 1 is 1.03 bits per heavy atom. The van der Waals surface area contributed by atoms with Gasteiger partial charge >= 0.3 is 6.01 Å². The summed E-state index contributed by atoms with van der Waals surface area (Å²) in [7, 11) is -3.63. The highest BCUT2D eigenvalue weighted by molar-refractivity contribution is 7.89. The van der Waals surface area contributed by atoms with Crippen molar-refractivity contribution in [3.8, 4) is 11.5 Å². The third-order valence-electron chi connectivity index (χ3n) is 6.13. The largest absolute Gasteiger partial charge is 0.403 e. The van der Waals surface area contributed by atoms with E-state index >= 15 is 0 Å². The molecule has 2 aromatic carbocycles. The lowest BCUT2D eigenvalue weighted by atomic mass is 9.95. The number of amides is 1. The Balaban J connectivity index is 1.46. The van der Waals surface area contributed by atoms with Gasteiger partial charge in [-0.25, -0.2) is 8.42 Å². The van der Waals surface area contributed by atoms with Crippen molar-refractivity contribution in [3.05, 3.63) is 59.2 Å². The molecule has 0 radical (unpaired) electrons. The Labute approximate surface area is 200 Å². The number of aryl methyl sites for hydroxylation is 2. The monoisotopic (exact) mass is 482 g/mol. The van der Waals surface area contributed by atoms with Gasteiger partial charge in [0.15, 0.2) is 0 Å². The maximum Gasteiger partial charge on any atom is 0.322 e. The molecule has 0 atom stereocenters. The number of hydrogen-bond acceptors (Lipinski definition) is 6. The topological polar surface area (TPSA) is 105 Å². The van der Waals surface area contributed by atoms with Gasteiger partial charge in [-0.3, -0.25) is 10.1 Å². The second kappa shape index (κ2) is 10.1. The van der Waals surface area contributed by atoms with Crippen molar-refractivity contribution in [1.82, 2.24) is 14.5 Å². The summed E-state index contributed by atoms with van der Waals surface area (Å²) in [5.41, 5.74) is 3.21. The first-order valence-electron chi connectivity index (χ1n) is 11.6. The van der Waals surface area contributed by atoms with E-state index in [0.717, 1.165) is 48.8 Å². The average molecular weight is 483 g/mol. The average Bonchev–Trinajstić information content (AvgIpc) is 3.28. The van der Waals surface area contributed by atoms with Gasteiger partial charge in [-0.2, -0.15) is 4.31 Å². The minimum atomic E-state index is -3.63. The molecule has 0 spiro atoms. The third kappa shape index (κ3) is 5.20. The number of hydrogen-bond donors (Lipinski definition) is 1. The summed E-state index contributed by atoms with van der Waals surface area (Å²) in [6, 6.07) is 11.9. The van der Waals surface area contributed by atoms with E-state index in [1.807, 2.05) is 39.0 Å². The van der Waals surface area contributed by atoms with Crippen LogP contribution in [0, 0.1) is 13.8 Å². The molecule has 3 aromatic rings. The maximum absolute atomic E-state index is 13.2. The molecule has 1 N–H and O–H groups in total. The molecule has 34 heavy (non-hydrogen) atoms. The summed E-state index contributed by atoms with van der Waals surface area (Å²) >= 11 is 0. The number of aromatic nitrogens is 2. The summed E-state index contributed by atoms with van der Waals surface area (Å²) < 4.78 is 33.6. The van der Waals surface area contributed by atoms with Gasteiger partial charge in [0.25, 0.3) is 5.91 Å². The number of nitrogens with zero attached hydrogens (tertiary/aromatic N) is 3. The Morgan fingerprint density at radius 3 is 2.29 bits per heavy atom. The molecule has 0 unspecified atom stereocenters. The summed E-state index contributed by atoms with van der Waals surface area (Å²) in [4.78, 5) is 12.9. The first-order chi connectivity index (χ1) is 16.3. The van der Waals surface area contributed by atoms with Crippen molar-refractivity contribution < 1.29 is 17.6 Å². The molecule has 180 valence electrons. The van der Waals surface area contributed by atoms with Crippen LogP contribution in [0.15, 0.2) is 51.8 Å². The number of nitrogens with one attached hydrogen (secondary N) is 1. The van der Waals surface area contributed by atoms with Crippen molar-refractivity contribution in [1.29, 1.82) is 0 Å². The molecule has 1 heterocycles. The number of rotatable bonds is 7. The fourth-order valence-corrected chi connectivity index (χ4v) is 6.26. The maximum atomic E-state index is 13.2. The van der Waals surface area contributed by atoms with E-state index in [0.29, 0.717) is 18.0 Å². The summed E-state index contributed by atoms with van der Waals surface area (Å²) in [5.74, 6) is -0.148. The van der Waals surface area contributed by atoms with Crippen LogP contribution in [0.5, 0.6) is 0 Å². The van der Waals surface area contributed by atoms with Crippen molar-refractivity contribution in [2.75, 3.05) is 11.9 Å². The van der Waals surface area contributed by atoms with Crippen LogP contribution in [-0.2, 0) is 10.0 Å². The number of anilines is 1. The highest BCUT2D eigenvalue weighted by atomic mass is 32.2. The normalized spacial score (nSPS) is 14.9. The minimum Gasteiger partial charge on any atom is -0.403 e. The first-order valence-corrected chi connectivity index (χ1v) is 13.1. The second-order valence-electron chi connectivity index (χ2n) is 8.77. The van der Waals surface area contributed by atoms with Crippen molar-refractivity contribution in [3.63, 3.8) is 0 Å². The van der Waals surface area contributed by atoms with Crippen LogP contribution in [0.1, 0.15) is 60.5 Å². The highest BCUT2D eigenvalue weighted by Crippen LogP contribution is 2.28. The molecule has 0 saturated heterocycles. The molecule has 1 aromatic heterocycles. The van der Waals surface area contributed by atoms with Crippen LogP contribution >= 0.6 is 0 Å². The Kier molecular flexibility index (Phi) is 7.13. The van der Waals surface area contributed by atoms with E-state index < -0.39 is 15.9 Å². The lowest BCUT2D eigenvalue weighted by Crippen LogP contribution is -2.41. The van der Waals surface area contributed by atoms with E-state index in [1.165, 1.54) is 24.3 Å². The van der Waals surface area contributed by atoms with Crippen LogP contribution < -0.4 is 5.32 Å². The predicted octanol–water partition coefficient (Wildman–Crippen LogP) is 4.95. The Hall–Kier alpha value is -3.04. The van der Waals surface area contributed by atoms with Crippen molar-refractivity contribution in [2.24, 2.45) is 0 Å². The van der Waals surface area contributed by atoms with E-state index in [4.69, 9.17) is 4.42 Å². The zero-order valence-electron chi connectivity index (χ0n) is 19.7. The smallest absolute Gasteiger partial charge is 0.322 e. The molecule has 1 saturated carbocycles. The molecule has 9 heteroatoms. The van der Waals surface area contributed by atoms with Crippen molar-refractivity contribution >= 4 is 21.9 Å². The van der Waals surface area contributed by atoms with Gasteiger partial charge in [-0.1, -0.05) is 48.5 Å². The van der Waals surface area contributed by atoms with E-state index in [1.54, 1.807) is 4.31 Å². The number of benzene rings is 2. The number of carbonyl (C=O) groups is 1. The predicted molar refractivity (Wildman–Crippen MR) is 130 cm³/mol. The van der Waals surface area contributed by atoms with Gasteiger partial charge in [-0.15, -0.1) is 5.10 Å². The van der Waals surface area contributed by atoms with Gasteiger partial charge in [0, 0.05) is 23.7 Å². The highest BCUT2D eigenvalue weighted by Gasteiger charge is 2.31. The quantitative estimate of drug-likeness (QED) is 0.511. The van der Waals surface area contributed by atoms with Crippen LogP contribution in [0.3, 0.4) is 0 Å². The standard InChI is InChI=1S/C25H30N4O4S/c1-4-29(21-8-6-5-7-9-21)34(31,32)22-12-10-19(11-13-22)23(30)26-25-28-27-24(33-25)20-15-17(2)14-18(3)16-20/h10-16,21H,4-9H2,1-3H3,(H,26,28,30). The van der Waals surface area contributed by atoms with Gasteiger partial charge in [-0.05, 0) is 63.1 Å². The van der Waals surface area contributed by atoms with Crippen molar-refractivity contribution in [2.45, 2.75) is 63.8 Å². The number of carbonyl (C=O) groups excluding carboxylic acids is 1. The third-order valence-corrected chi connectivity index (χ3v) is 8.17. The molecule has 1 amide bonds. The molecule has 1 fully saturated rings. The molecular formula is C25H30N4O4S. The van der Waals surface area contributed by atoms with Gasteiger partial charge in [0.05, 0.1) is 4.90 Å². The van der Waals surface area contributed by atoms with Gasteiger partial charge in [0.2, 0.25) is 15.9 Å². The molecule has 1 aliphatic rings. The summed E-state index contributed by atoms with van der Waals surface area (Å²) in [6.07, 6.45) is 5.04.